The molecule has 0 spiro atoms. The first-order chi connectivity index (χ1) is 8.78. The Balaban J connectivity index is 1.95. The second kappa shape index (κ2) is 6.60. The minimum Gasteiger partial charge on any atom is -0.395 e. The van der Waals surface area contributed by atoms with Gasteiger partial charge in [0.05, 0.1) is 6.61 Å². The second-order valence-electron chi connectivity index (χ2n) is 5.43. The quantitative estimate of drug-likeness (QED) is 0.740. The van der Waals surface area contributed by atoms with Gasteiger partial charge >= 0.3 is 0 Å². The van der Waals surface area contributed by atoms with Gasteiger partial charge in [0.25, 0.3) is 0 Å². The predicted molar refractivity (Wildman–Crippen MR) is 78.9 cm³/mol. The molecule has 0 bridgehead atoms. The Labute approximate surface area is 115 Å². The zero-order valence-electron chi connectivity index (χ0n) is 10.9. The number of rotatable bonds is 7. The van der Waals surface area contributed by atoms with Gasteiger partial charge in [-0.3, -0.25) is 4.90 Å². The van der Waals surface area contributed by atoms with Crippen LogP contribution in [0.25, 0.3) is 0 Å². The van der Waals surface area contributed by atoms with Crippen molar-refractivity contribution in [2.45, 2.75) is 25.8 Å². The zero-order chi connectivity index (χ0) is 12.8. The summed E-state index contributed by atoms with van der Waals surface area (Å²) < 4.78 is 0. The highest BCUT2D eigenvalue weighted by atomic mass is 32.1. The summed E-state index contributed by atoms with van der Waals surface area (Å²) in [5.41, 5.74) is 1.71. The maximum atomic E-state index is 9.21. The Kier molecular flexibility index (Phi) is 5.10. The summed E-state index contributed by atoms with van der Waals surface area (Å²) in [6, 6.07) is 10.5. The number of aliphatic hydroxyl groups is 1. The van der Waals surface area contributed by atoms with Gasteiger partial charge in [0, 0.05) is 19.6 Å². The van der Waals surface area contributed by atoms with Crippen molar-refractivity contribution in [2.75, 3.05) is 25.4 Å². The molecule has 2 nitrogen and oxygen atoms in total. The average molecular weight is 265 g/mol. The average Bonchev–Trinajstić information content (AvgIpc) is 2.35. The summed E-state index contributed by atoms with van der Waals surface area (Å²) >= 11 is 4.51. The largest absolute Gasteiger partial charge is 0.395 e. The summed E-state index contributed by atoms with van der Waals surface area (Å²) in [5, 5.41) is 9.21. The van der Waals surface area contributed by atoms with Crippen molar-refractivity contribution in [1.29, 1.82) is 0 Å². The van der Waals surface area contributed by atoms with Gasteiger partial charge in [-0.1, -0.05) is 36.8 Å². The molecule has 0 aromatic heterocycles. The molecule has 1 aliphatic carbocycles. The van der Waals surface area contributed by atoms with Crippen molar-refractivity contribution in [1.82, 2.24) is 4.90 Å². The number of nitrogens with zero attached hydrogens (tertiary/aromatic N) is 1. The van der Waals surface area contributed by atoms with Crippen molar-refractivity contribution in [3.05, 3.63) is 35.9 Å². The third kappa shape index (κ3) is 3.50. The van der Waals surface area contributed by atoms with E-state index in [1.807, 2.05) is 6.07 Å². The van der Waals surface area contributed by atoms with E-state index >= 15 is 0 Å². The van der Waals surface area contributed by atoms with Gasteiger partial charge in [0.15, 0.2) is 0 Å². The molecule has 1 aliphatic rings. The van der Waals surface area contributed by atoms with E-state index in [1.165, 1.54) is 24.8 Å². The Morgan fingerprint density at radius 1 is 1.22 bits per heavy atom. The van der Waals surface area contributed by atoms with Crippen LogP contribution in [0.2, 0.25) is 0 Å². The van der Waals surface area contributed by atoms with E-state index in [-0.39, 0.29) is 6.61 Å². The lowest BCUT2D eigenvalue weighted by Gasteiger charge is -2.44. The third-order valence-electron chi connectivity index (χ3n) is 3.97. The number of hydrogen-bond acceptors (Lipinski definition) is 3. The summed E-state index contributed by atoms with van der Waals surface area (Å²) in [6.45, 7) is 2.97. The van der Waals surface area contributed by atoms with Gasteiger partial charge in [-0.25, -0.2) is 0 Å². The fourth-order valence-corrected chi connectivity index (χ4v) is 3.13. The summed E-state index contributed by atoms with van der Waals surface area (Å²) in [4.78, 5) is 2.37. The van der Waals surface area contributed by atoms with Crippen LogP contribution < -0.4 is 0 Å². The predicted octanol–water partition coefficient (Wildman–Crippen LogP) is 2.58. The SMILES string of the molecule is OCCN(Cc1ccccc1)CC1(CS)CCC1. The smallest absolute Gasteiger partial charge is 0.0558 e. The second-order valence-corrected chi connectivity index (χ2v) is 5.75. The minimum absolute atomic E-state index is 0.232. The first-order valence-electron chi connectivity index (χ1n) is 6.76. The van der Waals surface area contributed by atoms with Crippen LogP contribution in [0.5, 0.6) is 0 Å². The topological polar surface area (TPSA) is 23.5 Å². The van der Waals surface area contributed by atoms with Crippen LogP contribution in [-0.4, -0.2) is 35.5 Å². The highest BCUT2D eigenvalue weighted by Crippen LogP contribution is 2.42. The first kappa shape index (κ1) is 13.9. The molecule has 3 heteroatoms. The van der Waals surface area contributed by atoms with Crippen molar-refractivity contribution in [2.24, 2.45) is 5.41 Å². The molecule has 0 unspecified atom stereocenters. The summed E-state index contributed by atoms with van der Waals surface area (Å²) in [7, 11) is 0. The van der Waals surface area contributed by atoms with Crippen LogP contribution in [-0.2, 0) is 6.54 Å². The van der Waals surface area contributed by atoms with Crippen LogP contribution in [0.3, 0.4) is 0 Å². The first-order valence-corrected chi connectivity index (χ1v) is 7.39. The molecule has 1 aromatic carbocycles. The number of thiol groups is 1. The van der Waals surface area contributed by atoms with Crippen molar-refractivity contribution in [3.8, 4) is 0 Å². The van der Waals surface area contributed by atoms with Gasteiger partial charge in [0.1, 0.15) is 0 Å². The van der Waals surface area contributed by atoms with Gasteiger partial charge in [0.2, 0.25) is 0 Å². The Hall–Kier alpha value is -0.510. The van der Waals surface area contributed by atoms with Crippen molar-refractivity contribution >= 4 is 12.6 Å². The van der Waals surface area contributed by atoms with Crippen LogP contribution >= 0.6 is 12.6 Å². The van der Waals surface area contributed by atoms with Crippen LogP contribution in [0.15, 0.2) is 30.3 Å². The Morgan fingerprint density at radius 2 is 1.94 bits per heavy atom. The fourth-order valence-electron chi connectivity index (χ4n) is 2.71. The third-order valence-corrected chi connectivity index (χ3v) is 4.64. The lowest BCUT2D eigenvalue weighted by atomic mass is 9.70. The molecule has 0 saturated heterocycles. The molecule has 2 rings (SSSR count). The highest BCUT2D eigenvalue weighted by molar-refractivity contribution is 7.80. The number of hydrogen-bond donors (Lipinski definition) is 2. The van der Waals surface area contributed by atoms with E-state index < -0.39 is 0 Å². The van der Waals surface area contributed by atoms with Gasteiger partial charge in [-0.15, -0.1) is 0 Å². The Bertz CT molecular complexity index is 345. The van der Waals surface area contributed by atoms with Crippen molar-refractivity contribution < 1.29 is 5.11 Å². The molecule has 1 saturated carbocycles. The monoisotopic (exact) mass is 265 g/mol. The number of aliphatic hydroxyl groups excluding tert-OH is 1. The molecule has 1 N–H and O–H groups in total. The van der Waals surface area contributed by atoms with E-state index in [0.29, 0.717) is 5.41 Å². The molecule has 100 valence electrons. The standard InChI is InChI=1S/C15H23NOS/c17-10-9-16(11-14-5-2-1-3-6-14)12-15(13-18)7-4-8-15/h1-3,5-6,17-18H,4,7-13H2. The highest BCUT2D eigenvalue weighted by Gasteiger charge is 2.36. The minimum atomic E-state index is 0.232. The molecule has 18 heavy (non-hydrogen) atoms. The lowest BCUT2D eigenvalue weighted by molar-refractivity contribution is 0.0741. The molecule has 0 aliphatic heterocycles. The van der Waals surface area contributed by atoms with E-state index in [2.05, 4.69) is 41.8 Å². The van der Waals surface area contributed by atoms with Crippen LogP contribution in [0.4, 0.5) is 0 Å². The van der Waals surface area contributed by atoms with Gasteiger partial charge in [-0.05, 0) is 29.6 Å². The van der Waals surface area contributed by atoms with Crippen LogP contribution in [0, 0.1) is 5.41 Å². The summed E-state index contributed by atoms with van der Waals surface area (Å²) in [5.74, 6) is 0.962. The van der Waals surface area contributed by atoms with E-state index in [9.17, 15) is 5.11 Å². The maximum Gasteiger partial charge on any atom is 0.0558 e. The van der Waals surface area contributed by atoms with Gasteiger partial charge in [-0.2, -0.15) is 12.6 Å². The normalized spacial score (nSPS) is 17.7. The zero-order valence-corrected chi connectivity index (χ0v) is 11.8. The lowest BCUT2D eigenvalue weighted by Crippen LogP contribution is -2.44. The van der Waals surface area contributed by atoms with Gasteiger partial charge < -0.3 is 5.11 Å². The fraction of sp³-hybridized carbons (Fsp3) is 0.600. The molecule has 0 heterocycles. The maximum absolute atomic E-state index is 9.21. The molecule has 0 radical (unpaired) electrons. The van der Waals surface area contributed by atoms with Crippen LogP contribution in [0.1, 0.15) is 24.8 Å². The van der Waals surface area contributed by atoms with E-state index in [4.69, 9.17) is 0 Å². The Morgan fingerprint density at radius 3 is 2.44 bits per heavy atom. The molecular weight excluding hydrogens is 242 g/mol. The van der Waals surface area contributed by atoms with E-state index in [0.717, 1.165) is 25.4 Å². The van der Waals surface area contributed by atoms with Crippen molar-refractivity contribution in [3.63, 3.8) is 0 Å². The molecule has 0 atom stereocenters. The molecule has 1 fully saturated rings. The molecular formula is C15H23NOS. The van der Waals surface area contributed by atoms with E-state index in [1.54, 1.807) is 0 Å². The summed E-state index contributed by atoms with van der Waals surface area (Å²) in [6.07, 6.45) is 3.90. The number of benzene rings is 1. The molecule has 1 aromatic rings. The molecule has 0 amide bonds.